The third-order valence-corrected chi connectivity index (χ3v) is 5.51. The van der Waals surface area contributed by atoms with E-state index in [4.69, 9.17) is 16.3 Å². The number of sulfonamides is 1. The zero-order chi connectivity index (χ0) is 19.5. The number of halogens is 1. The lowest BCUT2D eigenvalue weighted by molar-refractivity contribution is 0.102. The Morgan fingerprint density at radius 2 is 1.69 bits per heavy atom. The van der Waals surface area contributed by atoms with Crippen molar-refractivity contribution < 1.29 is 17.9 Å². The second-order valence-corrected chi connectivity index (χ2v) is 8.74. The Hall–Kier alpha value is -2.09. The van der Waals surface area contributed by atoms with Crippen LogP contribution in [-0.4, -0.2) is 27.0 Å². The number of nitrogens with one attached hydrogen (secondary N) is 2. The van der Waals surface area contributed by atoms with Gasteiger partial charge in [-0.15, -0.1) is 0 Å². The summed E-state index contributed by atoms with van der Waals surface area (Å²) in [6.45, 7) is 5.16. The normalized spacial score (nSPS) is 11.9. The van der Waals surface area contributed by atoms with E-state index in [0.717, 1.165) is 0 Å². The second kappa shape index (κ2) is 7.65. The van der Waals surface area contributed by atoms with E-state index in [1.54, 1.807) is 52.1 Å². The van der Waals surface area contributed by atoms with Gasteiger partial charge in [-0.2, -0.15) is 0 Å². The molecular weight excluding hydrogens is 376 g/mol. The summed E-state index contributed by atoms with van der Waals surface area (Å²) in [5.41, 5.74) is 0.0613. The molecule has 140 valence electrons. The molecular formula is C18H21ClN2O4S. The summed E-state index contributed by atoms with van der Waals surface area (Å²) in [6, 6.07) is 10.9. The minimum absolute atomic E-state index is 0.0442. The molecule has 2 aromatic carbocycles. The van der Waals surface area contributed by atoms with Crippen molar-refractivity contribution in [2.75, 3.05) is 12.4 Å². The molecule has 0 unspecified atom stereocenters. The fraction of sp³-hybridized carbons (Fsp3) is 0.278. The number of methoxy groups -OCH3 is 1. The number of anilines is 1. The summed E-state index contributed by atoms with van der Waals surface area (Å²) >= 11 is 6.04. The molecule has 0 saturated heterocycles. The smallest absolute Gasteiger partial charge is 0.255 e. The van der Waals surface area contributed by atoms with Crippen LogP contribution in [0.2, 0.25) is 5.02 Å². The van der Waals surface area contributed by atoms with Gasteiger partial charge in [-0.05, 0) is 63.2 Å². The average molecular weight is 397 g/mol. The fourth-order valence-electron chi connectivity index (χ4n) is 2.19. The fourth-order valence-corrected chi connectivity index (χ4v) is 4.13. The highest BCUT2D eigenvalue weighted by Crippen LogP contribution is 2.25. The molecule has 0 radical (unpaired) electrons. The lowest BCUT2D eigenvalue weighted by Crippen LogP contribution is -2.40. The molecule has 2 aromatic rings. The summed E-state index contributed by atoms with van der Waals surface area (Å²) in [7, 11) is -2.31. The van der Waals surface area contributed by atoms with Crippen LogP contribution in [0.3, 0.4) is 0 Å². The summed E-state index contributed by atoms with van der Waals surface area (Å²) in [5.74, 6) is 0.218. The van der Waals surface area contributed by atoms with Crippen LogP contribution < -0.4 is 14.8 Å². The minimum Gasteiger partial charge on any atom is -0.497 e. The third kappa shape index (κ3) is 5.20. The molecule has 0 atom stereocenters. The maximum atomic E-state index is 12.5. The highest BCUT2D eigenvalue weighted by molar-refractivity contribution is 7.89. The quantitative estimate of drug-likeness (QED) is 0.807. The van der Waals surface area contributed by atoms with Crippen LogP contribution in [0.25, 0.3) is 0 Å². The number of carbonyl (C=O) groups excluding carboxylic acids is 1. The van der Waals surface area contributed by atoms with Gasteiger partial charge < -0.3 is 10.1 Å². The molecule has 0 aliphatic rings. The van der Waals surface area contributed by atoms with E-state index < -0.39 is 21.5 Å². The van der Waals surface area contributed by atoms with Crippen LogP contribution in [0.15, 0.2) is 47.4 Å². The summed E-state index contributed by atoms with van der Waals surface area (Å²) in [4.78, 5) is 12.3. The van der Waals surface area contributed by atoms with Crippen molar-refractivity contribution in [3.8, 4) is 5.75 Å². The van der Waals surface area contributed by atoms with Crippen LogP contribution in [0.4, 0.5) is 5.69 Å². The highest BCUT2D eigenvalue weighted by Gasteiger charge is 2.25. The van der Waals surface area contributed by atoms with Gasteiger partial charge in [0.2, 0.25) is 10.0 Å². The lowest BCUT2D eigenvalue weighted by atomic mass is 10.1. The number of amides is 1. The first-order chi connectivity index (χ1) is 12.0. The Labute approximate surface area is 158 Å². The Balaban J connectivity index is 2.29. The number of ether oxygens (including phenoxy) is 1. The monoisotopic (exact) mass is 396 g/mol. The average Bonchev–Trinajstić information content (AvgIpc) is 2.53. The summed E-state index contributed by atoms with van der Waals surface area (Å²) in [5, 5.41) is 2.75. The number of hydrogen-bond acceptors (Lipinski definition) is 4. The molecule has 8 heteroatoms. The van der Waals surface area contributed by atoms with Crippen molar-refractivity contribution >= 4 is 33.2 Å². The maximum absolute atomic E-state index is 12.5. The van der Waals surface area contributed by atoms with Gasteiger partial charge in [0, 0.05) is 16.8 Å². The summed E-state index contributed by atoms with van der Waals surface area (Å²) < 4.78 is 32.6. The third-order valence-electron chi connectivity index (χ3n) is 3.27. The van der Waals surface area contributed by atoms with E-state index in [1.165, 1.54) is 18.2 Å². The largest absolute Gasteiger partial charge is 0.497 e. The maximum Gasteiger partial charge on any atom is 0.255 e. The van der Waals surface area contributed by atoms with Gasteiger partial charge in [0.1, 0.15) is 10.6 Å². The molecule has 6 nitrogen and oxygen atoms in total. The minimum atomic E-state index is -3.87. The SMILES string of the molecule is COc1ccc(NC(=O)c2ccc(Cl)c(S(=O)(=O)NC(C)(C)C)c2)cc1. The molecule has 0 aliphatic carbocycles. The van der Waals surface area contributed by atoms with E-state index in [0.29, 0.717) is 11.4 Å². The molecule has 0 aromatic heterocycles. The van der Waals surface area contributed by atoms with E-state index in [-0.39, 0.29) is 15.5 Å². The molecule has 0 aliphatic heterocycles. The Bertz CT molecular complexity index is 904. The molecule has 0 saturated carbocycles. The van der Waals surface area contributed by atoms with Crippen LogP contribution in [-0.2, 0) is 10.0 Å². The number of carbonyl (C=O) groups is 1. The van der Waals surface area contributed by atoms with Crippen LogP contribution >= 0.6 is 11.6 Å². The van der Waals surface area contributed by atoms with Gasteiger partial charge in [0.25, 0.3) is 5.91 Å². The van der Waals surface area contributed by atoms with Crippen molar-refractivity contribution in [1.82, 2.24) is 4.72 Å². The van der Waals surface area contributed by atoms with Crippen LogP contribution in [0.1, 0.15) is 31.1 Å². The first kappa shape index (κ1) is 20.2. The van der Waals surface area contributed by atoms with Crippen molar-refractivity contribution in [2.24, 2.45) is 0 Å². The van der Waals surface area contributed by atoms with Crippen LogP contribution in [0.5, 0.6) is 5.75 Å². The first-order valence-corrected chi connectivity index (χ1v) is 9.67. The number of benzene rings is 2. The van der Waals surface area contributed by atoms with E-state index in [9.17, 15) is 13.2 Å². The number of hydrogen-bond donors (Lipinski definition) is 2. The van der Waals surface area contributed by atoms with Crippen molar-refractivity contribution in [2.45, 2.75) is 31.2 Å². The topological polar surface area (TPSA) is 84.5 Å². The molecule has 0 bridgehead atoms. The second-order valence-electron chi connectivity index (χ2n) is 6.68. The Kier molecular flexibility index (Phi) is 5.95. The molecule has 0 heterocycles. The summed E-state index contributed by atoms with van der Waals surface area (Å²) in [6.07, 6.45) is 0. The molecule has 0 fully saturated rings. The van der Waals surface area contributed by atoms with Crippen LogP contribution in [0, 0.1) is 0 Å². The van der Waals surface area contributed by atoms with E-state index >= 15 is 0 Å². The highest BCUT2D eigenvalue weighted by atomic mass is 35.5. The van der Waals surface area contributed by atoms with Crippen molar-refractivity contribution in [1.29, 1.82) is 0 Å². The van der Waals surface area contributed by atoms with Gasteiger partial charge in [-0.3, -0.25) is 4.79 Å². The standard InChI is InChI=1S/C18H21ClN2O4S/c1-18(2,3)21-26(23,24)16-11-12(5-10-15(16)19)17(22)20-13-6-8-14(25-4)9-7-13/h5-11,21H,1-4H3,(H,20,22). The van der Waals surface area contributed by atoms with Crippen molar-refractivity contribution in [3.05, 3.63) is 53.1 Å². The number of rotatable bonds is 5. The van der Waals surface area contributed by atoms with Gasteiger partial charge in [-0.25, -0.2) is 13.1 Å². The van der Waals surface area contributed by atoms with Crippen molar-refractivity contribution in [3.63, 3.8) is 0 Å². The Morgan fingerprint density at radius 1 is 1.08 bits per heavy atom. The molecule has 0 spiro atoms. The van der Waals surface area contributed by atoms with Gasteiger partial charge >= 0.3 is 0 Å². The zero-order valence-corrected chi connectivity index (χ0v) is 16.5. The van der Waals surface area contributed by atoms with Gasteiger partial charge in [0.15, 0.2) is 0 Å². The first-order valence-electron chi connectivity index (χ1n) is 7.81. The molecule has 2 rings (SSSR count). The zero-order valence-electron chi connectivity index (χ0n) is 15.0. The van der Waals surface area contributed by atoms with Gasteiger partial charge in [0.05, 0.1) is 12.1 Å². The molecule has 2 N–H and O–H groups in total. The molecule has 1 amide bonds. The lowest BCUT2D eigenvalue weighted by Gasteiger charge is -2.21. The van der Waals surface area contributed by atoms with E-state index in [1.807, 2.05) is 0 Å². The van der Waals surface area contributed by atoms with E-state index in [2.05, 4.69) is 10.0 Å². The predicted molar refractivity (Wildman–Crippen MR) is 102 cm³/mol. The Morgan fingerprint density at radius 3 is 2.23 bits per heavy atom. The van der Waals surface area contributed by atoms with Gasteiger partial charge in [-0.1, -0.05) is 11.6 Å². The predicted octanol–water partition coefficient (Wildman–Crippen LogP) is 3.68. The molecule has 26 heavy (non-hydrogen) atoms.